The monoisotopic (exact) mass is 286 g/mol. The number of carbonyl (C=O) groups excluding carboxylic acids is 1. The Morgan fingerprint density at radius 2 is 2.14 bits per heavy atom. The molecule has 2 atom stereocenters. The Kier molecular flexibility index (Phi) is 2.31. The Labute approximate surface area is 123 Å². The Bertz CT molecular complexity index is 776. The lowest BCUT2D eigenvalue weighted by molar-refractivity contribution is -0.124. The first-order valence-electron chi connectivity index (χ1n) is 7.56. The van der Waals surface area contributed by atoms with Gasteiger partial charge in [0.05, 0.1) is 16.4 Å². The first-order valence-corrected chi connectivity index (χ1v) is 7.56. The number of benzene rings is 1. The summed E-state index contributed by atoms with van der Waals surface area (Å²) in [5.41, 5.74) is 1.42. The van der Waals surface area contributed by atoms with Crippen LogP contribution in [0.3, 0.4) is 0 Å². The summed E-state index contributed by atoms with van der Waals surface area (Å²) in [6, 6.07) is 3.17. The summed E-state index contributed by atoms with van der Waals surface area (Å²) in [5.74, 6) is 1.22. The molecule has 0 radical (unpaired) electrons. The van der Waals surface area contributed by atoms with Gasteiger partial charge in [0, 0.05) is 12.0 Å². The van der Waals surface area contributed by atoms with E-state index in [4.69, 9.17) is 0 Å². The van der Waals surface area contributed by atoms with E-state index < -0.39 is 5.41 Å². The number of carbonyl (C=O) groups is 1. The van der Waals surface area contributed by atoms with Gasteiger partial charge in [-0.2, -0.15) is 0 Å². The average molecular weight is 286 g/mol. The van der Waals surface area contributed by atoms with Gasteiger partial charge < -0.3 is 4.98 Å². The maximum atomic E-state index is 13.7. The number of nitrogens with zero attached hydrogens (tertiary/aromatic N) is 1. The van der Waals surface area contributed by atoms with Crippen LogP contribution in [0.2, 0.25) is 0 Å². The van der Waals surface area contributed by atoms with Crippen LogP contribution in [0.25, 0.3) is 11.0 Å². The van der Waals surface area contributed by atoms with Gasteiger partial charge >= 0.3 is 0 Å². The molecule has 2 saturated carbocycles. The van der Waals surface area contributed by atoms with Gasteiger partial charge in [-0.15, -0.1) is 0 Å². The smallest absolute Gasteiger partial charge is 0.147 e. The molecule has 0 spiro atoms. The minimum absolute atomic E-state index is 0.0790. The zero-order chi connectivity index (χ0) is 15.0. The number of H-pyrrole nitrogens is 1. The van der Waals surface area contributed by atoms with Gasteiger partial charge in [-0.05, 0) is 43.2 Å². The van der Waals surface area contributed by atoms with E-state index in [0.29, 0.717) is 29.2 Å². The van der Waals surface area contributed by atoms with Crippen LogP contribution < -0.4 is 0 Å². The Morgan fingerprint density at radius 1 is 1.38 bits per heavy atom. The number of aromatic amines is 1. The highest BCUT2D eigenvalue weighted by Crippen LogP contribution is 2.64. The highest BCUT2D eigenvalue weighted by molar-refractivity contribution is 5.95. The molecule has 4 heteroatoms. The van der Waals surface area contributed by atoms with Gasteiger partial charge in [0.25, 0.3) is 0 Å². The molecule has 110 valence electrons. The first kappa shape index (κ1) is 13.0. The molecular formula is C17H19FN2O. The van der Waals surface area contributed by atoms with Gasteiger partial charge in [0.15, 0.2) is 0 Å². The molecule has 3 nitrogen and oxygen atoms in total. The molecule has 2 unspecified atom stereocenters. The normalized spacial score (nSPS) is 30.5. The third-order valence-corrected chi connectivity index (χ3v) is 6.14. The molecule has 1 N–H and O–H groups in total. The van der Waals surface area contributed by atoms with Crippen molar-refractivity contribution >= 4 is 16.8 Å². The van der Waals surface area contributed by atoms with Crippen LogP contribution in [-0.2, 0) is 10.2 Å². The molecule has 0 saturated heterocycles. The van der Waals surface area contributed by atoms with Crippen molar-refractivity contribution < 1.29 is 9.18 Å². The predicted molar refractivity (Wildman–Crippen MR) is 78.6 cm³/mol. The van der Waals surface area contributed by atoms with Crippen molar-refractivity contribution in [3.05, 3.63) is 29.3 Å². The van der Waals surface area contributed by atoms with Crippen molar-refractivity contribution in [2.24, 2.45) is 11.3 Å². The summed E-state index contributed by atoms with van der Waals surface area (Å²) < 4.78 is 13.7. The number of hydrogen-bond donors (Lipinski definition) is 1. The Balaban J connectivity index is 1.98. The molecule has 1 aromatic heterocycles. The number of ketones is 1. The SMILES string of the molecule is Cc1c(F)ccc2[nH]c(C34CCC(CC3=O)C4(C)C)nc12. The van der Waals surface area contributed by atoms with Crippen LogP contribution in [0.5, 0.6) is 0 Å². The number of rotatable bonds is 1. The molecule has 2 aromatic rings. The van der Waals surface area contributed by atoms with Gasteiger partial charge in [-0.25, -0.2) is 9.37 Å². The van der Waals surface area contributed by atoms with Crippen molar-refractivity contribution in [2.45, 2.75) is 45.4 Å². The molecule has 1 heterocycles. The van der Waals surface area contributed by atoms with Gasteiger partial charge in [0.2, 0.25) is 0 Å². The standard InChI is InChI=1S/C17H19FN2O/c1-9-11(18)4-5-12-14(9)20-15(19-12)17-7-6-10(8-13(17)21)16(17,2)3/h4-5,10H,6-8H2,1-3H3,(H,19,20). The van der Waals surface area contributed by atoms with Crippen molar-refractivity contribution in [3.8, 4) is 0 Å². The summed E-state index contributed by atoms with van der Waals surface area (Å²) in [7, 11) is 0. The highest BCUT2D eigenvalue weighted by Gasteiger charge is 2.66. The van der Waals surface area contributed by atoms with Crippen LogP contribution in [0, 0.1) is 24.1 Å². The lowest BCUT2D eigenvalue weighted by Gasteiger charge is -2.34. The maximum Gasteiger partial charge on any atom is 0.147 e. The van der Waals surface area contributed by atoms with Crippen molar-refractivity contribution in [2.75, 3.05) is 0 Å². The number of hydrogen-bond acceptors (Lipinski definition) is 2. The maximum absolute atomic E-state index is 13.7. The number of halogens is 1. The lowest BCUT2D eigenvalue weighted by atomic mass is 9.68. The van der Waals surface area contributed by atoms with E-state index in [-0.39, 0.29) is 11.2 Å². The minimum atomic E-state index is -0.514. The van der Waals surface area contributed by atoms with Crippen LogP contribution >= 0.6 is 0 Å². The van der Waals surface area contributed by atoms with E-state index in [0.717, 1.165) is 24.2 Å². The van der Waals surface area contributed by atoms with E-state index >= 15 is 0 Å². The number of aromatic nitrogens is 2. The molecule has 0 aliphatic heterocycles. The third kappa shape index (κ3) is 1.34. The lowest BCUT2D eigenvalue weighted by Crippen LogP contribution is -2.41. The zero-order valence-electron chi connectivity index (χ0n) is 12.6. The van der Waals surface area contributed by atoms with Gasteiger partial charge in [-0.3, -0.25) is 4.79 Å². The number of aryl methyl sites for hydroxylation is 1. The number of fused-ring (bicyclic) bond motifs is 3. The van der Waals surface area contributed by atoms with E-state index in [1.807, 2.05) is 0 Å². The van der Waals surface area contributed by atoms with Crippen LogP contribution in [0.1, 0.15) is 44.5 Å². The number of imidazole rings is 1. The van der Waals surface area contributed by atoms with Crippen molar-refractivity contribution in [1.82, 2.24) is 9.97 Å². The van der Waals surface area contributed by atoms with Crippen LogP contribution in [-0.4, -0.2) is 15.8 Å². The van der Waals surface area contributed by atoms with E-state index in [2.05, 4.69) is 23.8 Å². The topological polar surface area (TPSA) is 45.8 Å². The fourth-order valence-corrected chi connectivity index (χ4v) is 4.62. The van der Waals surface area contributed by atoms with E-state index in [9.17, 15) is 9.18 Å². The number of Topliss-reactive ketones (excluding diaryl/α,β-unsaturated/α-hetero) is 1. The molecule has 1 aromatic carbocycles. The second kappa shape index (κ2) is 3.73. The average Bonchev–Trinajstić information content (AvgIpc) is 3.02. The summed E-state index contributed by atoms with van der Waals surface area (Å²) >= 11 is 0. The highest BCUT2D eigenvalue weighted by atomic mass is 19.1. The van der Waals surface area contributed by atoms with Crippen LogP contribution in [0.4, 0.5) is 4.39 Å². The zero-order valence-corrected chi connectivity index (χ0v) is 12.6. The summed E-state index contributed by atoms with van der Waals surface area (Å²) in [4.78, 5) is 20.6. The van der Waals surface area contributed by atoms with E-state index in [1.54, 1.807) is 13.0 Å². The Hall–Kier alpha value is -1.71. The summed E-state index contributed by atoms with van der Waals surface area (Å²) in [6.45, 7) is 6.09. The molecule has 0 amide bonds. The molecule has 2 bridgehead atoms. The molecule has 21 heavy (non-hydrogen) atoms. The summed E-state index contributed by atoms with van der Waals surface area (Å²) in [6.07, 6.45) is 2.57. The molecule has 2 fully saturated rings. The summed E-state index contributed by atoms with van der Waals surface area (Å²) in [5, 5.41) is 0. The van der Waals surface area contributed by atoms with Gasteiger partial charge in [-0.1, -0.05) is 13.8 Å². The first-order chi connectivity index (χ1) is 9.88. The molecule has 2 aliphatic carbocycles. The quantitative estimate of drug-likeness (QED) is 0.869. The molecule has 2 aliphatic rings. The minimum Gasteiger partial charge on any atom is -0.341 e. The molecule has 4 rings (SSSR count). The largest absolute Gasteiger partial charge is 0.341 e. The fourth-order valence-electron chi connectivity index (χ4n) is 4.62. The van der Waals surface area contributed by atoms with Crippen molar-refractivity contribution in [1.29, 1.82) is 0 Å². The third-order valence-electron chi connectivity index (χ3n) is 6.14. The molecular weight excluding hydrogens is 267 g/mol. The predicted octanol–water partition coefficient (Wildman–Crippen LogP) is 3.66. The fraction of sp³-hybridized carbons (Fsp3) is 0.529. The number of nitrogens with one attached hydrogen (secondary N) is 1. The second-order valence-corrected chi connectivity index (χ2v) is 7.14. The Morgan fingerprint density at radius 3 is 2.76 bits per heavy atom. The van der Waals surface area contributed by atoms with Gasteiger partial charge in [0.1, 0.15) is 17.4 Å². The van der Waals surface area contributed by atoms with Crippen LogP contribution in [0.15, 0.2) is 12.1 Å². The van der Waals surface area contributed by atoms with E-state index in [1.165, 1.54) is 6.07 Å². The van der Waals surface area contributed by atoms with Crippen molar-refractivity contribution in [3.63, 3.8) is 0 Å². The second-order valence-electron chi connectivity index (χ2n) is 7.14.